The third-order valence-electron chi connectivity index (χ3n) is 2.77. The van der Waals surface area contributed by atoms with Gasteiger partial charge in [-0.25, -0.2) is 9.97 Å². The van der Waals surface area contributed by atoms with Crippen molar-refractivity contribution >= 4 is 34.0 Å². The zero-order chi connectivity index (χ0) is 13.1. The first-order valence-electron chi connectivity index (χ1n) is 6.03. The van der Waals surface area contributed by atoms with Gasteiger partial charge in [0.1, 0.15) is 5.03 Å². The number of rotatable bonds is 4. The molecule has 0 spiro atoms. The molecule has 19 heavy (non-hydrogen) atoms. The van der Waals surface area contributed by atoms with E-state index < -0.39 is 0 Å². The molecule has 2 N–H and O–H groups in total. The van der Waals surface area contributed by atoms with E-state index >= 15 is 0 Å². The van der Waals surface area contributed by atoms with E-state index in [1.807, 2.05) is 29.8 Å². The Balaban J connectivity index is 2.06. The molecular formula is C14H13N3S2. The van der Waals surface area contributed by atoms with Crippen molar-refractivity contribution in [2.75, 3.05) is 6.54 Å². The van der Waals surface area contributed by atoms with Crippen LogP contribution in [0.5, 0.6) is 0 Å². The SMILES string of the molecule is NCCc1cc2ccccc2nc1Sc1nccs1. The highest BCUT2D eigenvalue weighted by Gasteiger charge is 2.09. The topological polar surface area (TPSA) is 51.8 Å². The third kappa shape index (κ3) is 2.78. The summed E-state index contributed by atoms with van der Waals surface area (Å²) >= 11 is 3.25. The van der Waals surface area contributed by atoms with Crippen LogP contribution in [0.15, 0.2) is 51.3 Å². The van der Waals surface area contributed by atoms with Crippen molar-refractivity contribution in [1.82, 2.24) is 9.97 Å². The molecule has 96 valence electrons. The van der Waals surface area contributed by atoms with Gasteiger partial charge in [0.2, 0.25) is 0 Å². The first-order valence-corrected chi connectivity index (χ1v) is 7.72. The maximum atomic E-state index is 5.70. The van der Waals surface area contributed by atoms with E-state index in [-0.39, 0.29) is 0 Å². The van der Waals surface area contributed by atoms with Gasteiger partial charge in [0.05, 0.1) is 5.52 Å². The summed E-state index contributed by atoms with van der Waals surface area (Å²) in [5, 5.41) is 4.15. The van der Waals surface area contributed by atoms with E-state index in [0.717, 1.165) is 26.7 Å². The highest BCUT2D eigenvalue weighted by molar-refractivity contribution is 8.01. The second-order valence-electron chi connectivity index (χ2n) is 4.08. The number of para-hydroxylation sites is 1. The number of hydrogen-bond donors (Lipinski definition) is 1. The molecule has 0 bridgehead atoms. The Morgan fingerprint density at radius 2 is 2.16 bits per heavy atom. The van der Waals surface area contributed by atoms with Gasteiger partial charge in [-0.2, -0.15) is 0 Å². The zero-order valence-electron chi connectivity index (χ0n) is 10.2. The van der Waals surface area contributed by atoms with Crippen LogP contribution in [-0.4, -0.2) is 16.5 Å². The van der Waals surface area contributed by atoms with Crippen molar-refractivity contribution in [1.29, 1.82) is 0 Å². The Morgan fingerprint density at radius 1 is 1.26 bits per heavy atom. The van der Waals surface area contributed by atoms with Gasteiger partial charge in [-0.3, -0.25) is 0 Å². The molecule has 0 aliphatic heterocycles. The molecule has 3 rings (SSSR count). The number of aromatic nitrogens is 2. The van der Waals surface area contributed by atoms with Crippen molar-refractivity contribution in [2.24, 2.45) is 5.73 Å². The molecule has 2 heterocycles. The maximum Gasteiger partial charge on any atom is 0.156 e. The number of benzene rings is 1. The minimum absolute atomic E-state index is 0.630. The Bertz CT molecular complexity index is 680. The van der Waals surface area contributed by atoms with E-state index in [2.05, 4.69) is 17.1 Å². The van der Waals surface area contributed by atoms with Crippen LogP contribution in [0, 0.1) is 0 Å². The summed E-state index contributed by atoms with van der Waals surface area (Å²) in [4.78, 5) is 9.05. The fourth-order valence-corrected chi connectivity index (χ4v) is 3.58. The lowest BCUT2D eigenvalue weighted by Crippen LogP contribution is -2.04. The smallest absolute Gasteiger partial charge is 0.156 e. The summed E-state index contributed by atoms with van der Waals surface area (Å²) in [6, 6.07) is 10.3. The minimum Gasteiger partial charge on any atom is -0.330 e. The molecule has 0 saturated heterocycles. The van der Waals surface area contributed by atoms with Crippen molar-refractivity contribution in [3.05, 3.63) is 47.5 Å². The number of fused-ring (bicyclic) bond motifs is 1. The summed E-state index contributed by atoms with van der Waals surface area (Å²) in [7, 11) is 0. The molecule has 0 radical (unpaired) electrons. The van der Waals surface area contributed by atoms with Gasteiger partial charge in [-0.15, -0.1) is 11.3 Å². The Labute approximate surface area is 119 Å². The standard InChI is InChI=1S/C14H13N3S2/c15-6-5-11-9-10-3-1-2-4-12(10)17-13(11)19-14-16-7-8-18-14/h1-4,7-9H,5-6,15H2. The fraction of sp³-hybridized carbons (Fsp3) is 0.143. The second kappa shape index (κ2) is 5.69. The van der Waals surface area contributed by atoms with Crippen LogP contribution in [-0.2, 0) is 6.42 Å². The van der Waals surface area contributed by atoms with Gasteiger partial charge in [-0.1, -0.05) is 18.2 Å². The van der Waals surface area contributed by atoms with Crippen molar-refractivity contribution in [3.8, 4) is 0 Å². The molecule has 0 aliphatic carbocycles. The lowest BCUT2D eigenvalue weighted by Gasteiger charge is -2.08. The zero-order valence-corrected chi connectivity index (χ0v) is 11.9. The Morgan fingerprint density at radius 3 is 2.95 bits per heavy atom. The second-order valence-corrected chi connectivity index (χ2v) is 6.21. The molecule has 3 nitrogen and oxygen atoms in total. The van der Waals surface area contributed by atoms with Crippen LogP contribution < -0.4 is 5.73 Å². The molecule has 0 aliphatic rings. The summed E-state index contributed by atoms with van der Waals surface area (Å²) in [5.41, 5.74) is 7.91. The van der Waals surface area contributed by atoms with Crippen LogP contribution >= 0.6 is 23.1 Å². The van der Waals surface area contributed by atoms with Gasteiger partial charge < -0.3 is 5.73 Å². The molecular weight excluding hydrogens is 274 g/mol. The number of thiazole rings is 1. The van der Waals surface area contributed by atoms with Crippen molar-refractivity contribution in [3.63, 3.8) is 0 Å². The molecule has 5 heteroatoms. The largest absolute Gasteiger partial charge is 0.330 e. The van der Waals surface area contributed by atoms with Gasteiger partial charge in [0, 0.05) is 17.0 Å². The third-order valence-corrected chi connectivity index (χ3v) is 4.70. The quantitative estimate of drug-likeness (QED) is 0.799. The summed E-state index contributed by atoms with van der Waals surface area (Å²) < 4.78 is 1.01. The number of nitrogens with zero attached hydrogens (tertiary/aromatic N) is 2. The number of hydrogen-bond acceptors (Lipinski definition) is 5. The molecule has 2 aromatic heterocycles. The summed E-state index contributed by atoms with van der Waals surface area (Å²) in [6.07, 6.45) is 2.65. The number of nitrogens with two attached hydrogens (primary N) is 1. The van der Waals surface area contributed by atoms with Gasteiger partial charge in [0.25, 0.3) is 0 Å². The molecule has 0 saturated carbocycles. The van der Waals surface area contributed by atoms with Gasteiger partial charge in [0.15, 0.2) is 4.34 Å². The van der Waals surface area contributed by atoms with Crippen molar-refractivity contribution < 1.29 is 0 Å². The first-order chi connectivity index (χ1) is 9.36. The Kier molecular flexibility index (Phi) is 3.77. The molecule has 0 fully saturated rings. The van der Waals surface area contributed by atoms with Crippen molar-refractivity contribution in [2.45, 2.75) is 15.8 Å². The van der Waals surface area contributed by atoms with Crippen LogP contribution in [0.4, 0.5) is 0 Å². The van der Waals surface area contributed by atoms with E-state index in [1.165, 1.54) is 5.56 Å². The minimum atomic E-state index is 0.630. The lowest BCUT2D eigenvalue weighted by molar-refractivity contribution is 0.921. The molecule has 3 aromatic rings. The van der Waals surface area contributed by atoms with E-state index in [4.69, 9.17) is 10.7 Å². The van der Waals surface area contributed by atoms with Crippen LogP contribution in [0.1, 0.15) is 5.56 Å². The monoisotopic (exact) mass is 287 g/mol. The normalized spacial score (nSPS) is 11.0. The summed E-state index contributed by atoms with van der Waals surface area (Å²) in [6.45, 7) is 0.630. The van der Waals surface area contributed by atoms with E-state index in [0.29, 0.717) is 6.54 Å². The van der Waals surface area contributed by atoms with Crippen LogP contribution in [0.25, 0.3) is 10.9 Å². The maximum absolute atomic E-state index is 5.70. The predicted molar refractivity (Wildman–Crippen MR) is 80.7 cm³/mol. The van der Waals surface area contributed by atoms with Gasteiger partial charge in [-0.05, 0) is 42.4 Å². The van der Waals surface area contributed by atoms with Gasteiger partial charge >= 0.3 is 0 Å². The molecule has 0 amide bonds. The lowest BCUT2D eigenvalue weighted by atomic mass is 10.1. The highest BCUT2D eigenvalue weighted by Crippen LogP contribution is 2.32. The van der Waals surface area contributed by atoms with Crippen LogP contribution in [0.2, 0.25) is 0 Å². The fourth-order valence-electron chi connectivity index (χ4n) is 1.91. The summed E-state index contributed by atoms with van der Waals surface area (Å²) in [5.74, 6) is 0. The average Bonchev–Trinajstić information content (AvgIpc) is 2.93. The molecule has 0 unspecified atom stereocenters. The van der Waals surface area contributed by atoms with E-state index in [1.54, 1.807) is 23.1 Å². The first kappa shape index (κ1) is 12.6. The van der Waals surface area contributed by atoms with E-state index in [9.17, 15) is 0 Å². The highest BCUT2D eigenvalue weighted by atomic mass is 32.2. The molecule has 1 aromatic carbocycles. The molecule has 0 atom stereocenters. The Hall–Kier alpha value is -1.43. The predicted octanol–water partition coefficient (Wildman–Crippen LogP) is 3.34. The van der Waals surface area contributed by atoms with Crippen LogP contribution in [0.3, 0.4) is 0 Å². The number of pyridine rings is 1. The average molecular weight is 287 g/mol.